The molecule has 0 fully saturated rings. The first-order valence-electron chi connectivity index (χ1n) is 3.14. The van der Waals surface area contributed by atoms with Gasteiger partial charge in [0.15, 0.2) is 0 Å². The predicted molar refractivity (Wildman–Crippen MR) is 41.1 cm³/mol. The number of halogens is 1. The molecule has 1 unspecified atom stereocenters. The fourth-order valence-corrected chi connectivity index (χ4v) is 0.412. The van der Waals surface area contributed by atoms with Gasteiger partial charge in [-0.3, -0.25) is 0 Å². The van der Waals surface area contributed by atoms with Gasteiger partial charge >= 0.3 is 5.97 Å². The number of alkyl halides is 1. The maximum atomic E-state index is 10.4. The lowest BCUT2D eigenvalue weighted by atomic mass is 10.3. The summed E-state index contributed by atoms with van der Waals surface area (Å²) in [4.78, 5) is 10.4. The molecule has 0 bridgehead atoms. The normalized spacial score (nSPS) is 12.2. The highest BCUT2D eigenvalue weighted by Gasteiger charge is 2.02. The smallest absolute Gasteiger partial charge is 0.330 e. The summed E-state index contributed by atoms with van der Waals surface area (Å²) in [5.41, 5.74) is 0. The molecular weight excluding hydrogens is 152 g/mol. The molecule has 0 saturated heterocycles. The van der Waals surface area contributed by atoms with E-state index in [1.807, 2.05) is 6.92 Å². The van der Waals surface area contributed by atoms with E-state index in [4.69, 9.17) is 11.6 Å². The average Bonchev–Trinajstić information content (AvgIpc) is 1.99. The molecule has 2 nitrogen and oxygen atoms in total. The molecule has 0 radical (unpaired) electrons. The van der Waals surface area contributed by atoms with Crippen LogP contribution in [0.1, 0.15) is 13.3 Å². The molecule has 0 aromatic rings. The van der Waals surface area contributed by atoms with E-state index in [1.165, 1.54) is 0 Å². The first-order chi connectivity index (χ1) is 4.70. The average molecular weight is 163 g/mol. The zero-order valence-corrected chi connectivity index (χ0v) is 6.73. The van der Waals surface area contributed by atoms with Crippen LogP contribution < -0.4 is 0 Å². The first kappa shape index (κ1) is 9.50. The van der Waals surface area contributed by atoms with Crippen LogP contribution in [-0.4, -0.2) is 18.0 Å². The highest BCUT2D eigenvalue weighted by molar-refractivity contribution is 6.20. The van der Waals surface area contributed by atoms with Crippen LogP contribution in [0, 0.1) is 0 Å². The lowest BCUT2D eigenvalue weighted by Gasteiger charge is -2.04. The van der Waals surface area contributed by atoms with E-state index in [2.05, 4.69) is 11.3 Å². The quantitative estimate of drug-likeness (QED) is 0.358. The second kappa shape index (κ2) is 5.30. The Morgan fingerprint density at radius 1 is 1.90 bits per heavy atom. The standard InChI is InChI=1S/C7H11ClO2/c1-3-6(8)5-10-7(9)4-2/h4,6H,2-3,5H2,1H3. The fraction of sp³-hybridized carbons (Fsp3) is 0.571. The molecule has 0 amide bonds. The molecule has 3 heteroatoms. The van der Waals surface area contributed by atoms with E-state index < -0.39 is 5.97 Å². The second-order valence-electron chi connectivity index (χ2n) is 1.84. The van der Waals surface area contributed by atoms with Gasteiger partial charge in [0.05, 0.1) is 5.38 Å². The Morgan fingerprint density at radius 3 is 2.90 bits per heavy atom. The highest BCUT2D eigenvalue weighted by Crippen LogP contribution is 2.00. The summed E-state index contributed by atoms with van der Waals surface area (Å²) in [5.74, 6) is -0.417. The van der Waals surface area contributed by atoms with Gasteiger partial charge in [-0.25, -0.2) is 4.79 Å². The second-order valence-corrected chi connectivity index (χ2v) is 2.46. The van der Waals surface area contributed by atoms with E-state index in [1.54, 1.807) is 0 Å². The zero-order valence-electron chi connectivity index (χ0n) is 5.97. The molecule has 58 valence electrons. The summed E-state index contributed by atoms with van der Waals surface area (Å²) in [6.45, 7) is 5.44. The third kappa shape index (κ3) is 4.39. The third-order valence-corrected chi connectivity index (χ3v) is 1.45. The Bertz CT molecular complexity index is 123. The van der Waals surface area contributed by atoms with Crippen molar-refractivity contribution in [2.45, 2.75) is 18.7 Å². The molecule has 0 aliphatic rings. The summed E-state index contributed by atoms with van der Waals surface area (Å²) in [6.07, 6.45) is 1.92. The van der Waals surface area contributed by atoms with Crippen molar-refractivity contribution in [1.82, 2.24) is 0 Å². The van der Waals surface area contributed by atoms with Crippen LogP contribution in [0.25, 0.3) is 0 Å². The number of carbonyl (C=O) groups excluding carboxylic acids is 1. The number of esters is 1. The van der Waals surface area contributed by atoms with Crippen LogP contribution in [0.4, 0.5) is 0 Å². The number of ether oxygens (including phenoxy) is 1. The van der Waals surface area contributed by atoms with Gasteiger partial charge in [0.25, 0.3) is 0 Å². The molecule has 1 atom stereocenters. The number of rotatable bonds is 4. The van der Waals surface area contributed by atoms with Gasteiger partial charge in [0, 0.05) is 6.08 Å². The monoisotopic (exact) mass is 162 g/mol. The SMILES string of the molecule is C=CC(=O)OCC(Cl)CC. The van der Waals surface area contributed by atoms with Gasteiger partial charge in [0.1, 0.15) is 6.61 Å². The molecule has 10 heavy (non-hydrogen) atoms. The molecule has 0 heterocycles. The minimum Gasteiger partial charge on any atom is -0.461 e. The highest BCUT2D eigenvalue weighted by atomic mass is 35.5. The van der Waals surface area contributed by atoms with Gasteiger partial charge in [-0.2, -0.15) is 0 Å². The van der Waals surface area contributed by atoms with E-state index in [0.717, 1.165) is 12.5 Å². The molecule has 0 spiro atoms. The summed E-state index contributed by atoms with van der Waals surface area (Å²) in [7, 11) is 0. The van der Waals surface area contributed by atoms with Crippen molar-refractivity contribution in [1.29, 1.82) is 0 Å². The van der Waals surface area contributed by atoms with E-state index >= 15 is 0 Å². The third-order valence-electron chi connectivity index (χ3n) is 1.02. The fourth-order valence-electron chi connectivity index (χ4n) is 0.349. The minimum absolute atomic E-state index is 0.0797. The largest absolute Gasteiger partial charge is 0.461 e. The van der Waals surface area contributed by atoms with Crippen molar-refractivity contribution >= 4 is 17.6 Å². The topological polar surface area (TPSA) is 26.3 Å². The Hall–Kier alpha value is -0.500. The van der Waals surface area contributed by atoms with Gasteiger partial charge < -0.3 is 4.74 Å². The maximum absolute atomic E-state index is 10.4. The number of hydrogen-bond donors (Lipinski definition) is 0. The first-order valence-corrected chi connectivity index (χ1v) is 3.57. The Morgan fingerprint density at radius 2 is 2.50 bits per heavy atom. The Kier molecular flexibility index (Phi) is 5.03. The van der Waals surface area contributed by atoms with Crippen molar-refractivity contribution in [3.8, 4) is 0 Å². The molecular formula is C7H11ClO2. The van der Waals surface area contributed by atoms with E-state index in [0.29, 0.717) is 0 Å². The molecule has 0 rings (SSSR count). The van der Waals surface area contributed by atoms with Crippen LogP contribution in [0.3, 0.4) is 0 Å². The van der Waals surface area contributed by atoms with Crippen LogP contribution in [0.5, 0.6) is 0 Å². The van der Waals surface area contributed by atoms with Crippen molar-refractivity contribution in [2.75, 3.05) is 6.61 Å². The van der Waals surface area contributed by atoms with Crippen molar-refractivity contribution < 1.29 is 9.53 Å². The molecule has 0 N–H and O–H groups in total. The summed E-state index contributed by atoms with van der Waals surface area (Å²) < 4.78 is 4.65. The Labute approximate surface area is 65.8 Å². The summed E-state index contributed by atoms with van der Waals surface area (Å²) in [5, 5.41) is -0.0797. The maximum Gasteiger partial charge on any atom is 0.330 e. The van der Waals surface area contributed by atoms with Crippen LogP contribution >= 0.6 is 11.6 Å². The minimum atomic E-state index is -0.417. The van der Waals surface area contributed by atoms with Gasteiger partial charge in [0.2, 0.25) is 0 Å². The van der Waals surface area contributed by atoms with Crippen molar-refractivity contribution in [3.63, 3.8) is 0 Å². The van der Waals surface area contributed by atoms with Crippen molar-refractivity contribution in [2.24, 2.45) is 0 Å². The molecule has 0 saturated carbocycles. The van der Waals surface area contributed by atoms with Crippen LogP contribution in [0.15, 0.2) is 12.7 Å². The Balaban J connectivity index is 3.34. The molecule has 0 aliphatic carbocycles. The molecule has 0 aliphatic heterocycles. The summed E-state index contributed by atoms with van der Waals surface area (Å²) >= 11 is 5.65. The van der Waals surface area contributed by atoms with Gasteiger partial charge in [-0.05, 0) is 6.42 Å². The van der Waals surface area contributed by atoms with Crippen molar-refractivity contribution in [3.05, 3.63) is 12.7 Å². The lowest BCUT2D eigenvalue weighted by molar-refractivity contribution is -0.137. The van der Waals surface area contributed by atoms with Gasteiger partial charge in [-0.1, -0.05) is 13.5 Å². The van der Waals surface area contributed by atoms with Crippen LogP contribution in [-0.2, 0) is 9.53 Å². The van der Waals surface area contributed by atoms with E-state index in [-0.39, 0.29) is 12.0 Å². The predicted octanol–water partition coefficient (Wildman–Crippen LogP) is 1.73. The zero-order chi connectivity index (χ0) is 7.98. The lowest BCUT2D eigenvalue weighted by Crippen LogP contribution is -2.11. The number of hydrogen-bond acceptors (Lipinski definition) is 2. The van der Waals surface area contributed by atoms with E-state index in [9.17, 15) is 4.79 Å². The van der Waals surface area contributed by atoms with Gasteiger partial charge in [-0.15, -0.1) is 11.6 Å². The summed E-state index contributed by atoms with van der Waals surface area (Å²) in [6, 6.07) is 0. The molecule has 0 aromatic carbocycles. The number of carbonyl (C=O) groups is 1. The van der Waals surface area contributed by atoms with Crippen LogP contribution in [0.2, 0.25) is 0 Å². The molecule has 0 aromatic heterocycles.